The first-order valence-corrected chi connectivity index (χ1v) is 7.11. The van der Waals surface area contributed by atoms with Crippen LogP contribution in [0.2, 0.25) is 0 Å². The Labute approximate surface area is 119 Å². The molecule has 0 aliphatic carbocycles. The van der Waals surface area contributed by atoms with Crippen LogP contribution >= 0.6 is 11.3 Å². The maximum atomic E-state index is 14.0. The van der Waals surface area contributed by atoms with Crippen molar-refractivity contribution in [3.05, 3.63) is 70.6 Å². The second-order valence-electron chi connectivity index (χ2n) is 4.57. The van der Waals surface area contributed by atoms with Crippen molar-refractivity contribution in [2.75, 3.05) is 7.05 Å². The first-order chi connectivity index (χ1) is 9.69. The SMILES string of the molecule is CNC(c1cc2ccccc2s1)c1ccc(F)cc1F. The summed E-state index contributed by atoms with van der Waals surface area (Å²) in [4.78, 5) is 1.01. The van der Waals surface area contributed by atoms with Crippen molar-refractivity contribution in [1.29, 1.82) is 0 Å². The fraction of sp³-hybridized carbons (Fsp3) is 0.125. The summed E-state index contributed by atoms with van der Waals surface area (Å²) >= 11 is 1.61. The summed E-state index contributed by atoms with van der Waals surface area (Å²) in [5, 5.41) is 4.24. The van der Waals surface area contributed by atoms with Gasteiger partial charge in [0.2, 0.25) is 0 Å². The first-order valence-electron chi connectivity index (χ1n) is 6.29. The molecule has 0 aliphatic heterocycles. The van der Waals surface area contributed by atoms with E-state index in [1.807, 2.05) is 30.3 Å². The zero-order valence-corrected chi connectivity index (χ0v) is 11.7. The maximum Gasteiger partial charge on any atom is 0.131 e. The monoisotopic (exact) mass is 289 g/mol. The Bertz CT molecular complexity index is 718. The van der Waals surface area contributed by atoms with Crippen molar-refractivity contribution >= 4 is 21.4 Å². The Morgan fingerprint density at radius 2 is 1.85 bits per heavy atom. The molecule has 0 radical (unpaired) electrons. The zero-order valence-electron chi connectivity index (χ0n) is 10.9. The number of rotatable bonds is 3. The third-order valence-electron chi connectivity index (χ3n) is 3.29. The van der Waals surface area contributed by atoms with Crippen LogP contribution in [0.3, 0.4) is 0 Å². The summed E-state index contributed by atoms with van der Waals surface area (Å²) in [6.45, 7) is 0. The van der Waals surface area contributed by atoms with Gasteiger partial charge in [0, 0.05) is 21.2 Å². The lowest BCUT2D eigenvalue weighted by atomic mass is 10.0. The maximum absolute atomic E-state index is 14.0. The molecule has 1 nitrogen and oxygen atoms in total. The molecule has 1 N–H and O–H groups in total. The van der Waals surface area contributed by atoms with Gasteiger partial charge < -0.3 is 5.32 Å². The van der Waals surface area contributed by atoms with Crippen LogP contribution in [0.15, 0.2) is 48.5 Å². The molecule has 0 saturated heterocycles. The third-order valence-corrected chi connectivity index (χ3v) is 4.47. The van der Waals surface area contributed by atoms with E-state index >= 15 is 0 Å². The van der Waals surface area contributed by atoms with Crippen LogP contribution in [-0.4, -0.2) is 7.05 Å². The Kier molecular flexibility index (Phi) is 3.51. The van der Waals surface area contributed by atoms with Gasteiger partial charge in [0.05, 0.1) is 6.04 Å². The second kappa shape index (κ2) is 5.31. The molecule has 0 saturated carbocycles. The predicted octanol–water partition coefficient (Wildman–Crippen LogP) is 4.49. The fourth-order valence-electron chi connectivity index (χ4n) is 2.33. The molecule has 20 heavy (non-hydrogen) atoms. The molecule has 1 aromatic heterocycles. The lowest BCUT2D eigenvalue weighted by molar-refractivity contribution is 0.554. The Morgan fingerprint density at radius 1 is 1.05 bits per heavy atom. The molecular weight excluding hydrogens is 276 g/mol. The molecule has 1 unspecified atom stereocenters. The summed E-state index contributed by atoms with van der Waals surface area (Å²) in [6.07, 6.45) is 0. The van der Waals surface area contributed by atoms with E-state index in [1.54, 1.807) is 18.4 Å². The van der Waals surface area contributed by atoms with Crippen LogP contribution < -0.4 is 5.32 Å². The van der Waals surface area contributed by atoms with Crippen LogP contribution in [0.5, 0.6) is 0 Å². The number of fused-ring (bicyclic) bond motifs is 1. The highest BCUT2D eigenvalue weighted by Crippen LogP contribution is 2.33. The summed E-state index contributed by atoms with van der Waals surface area (Å²) in [5.41, 5.74) is 0.459. The standard InChI is InChI=1S/C16H13F2NS/c1-19-16(12-7-6-11(17)9-13(12)18)15-8-10-4-2-3-5-14(10)20-15/h2-9,16,19H,1H3. The molecule has 0 bridgehead atoms. The normalized spacial score (nSPS) is 12.8. The zero-order chi connectivity index (χ0) is 14.1. The van der Waals surface area contributed by atoms with Crippen LogP contribution in [-0.2, 0) is 0 Å². The number of thiophene rings is 1. The summed E-state index contributed by atoms with van der Waals surface area (Å²) < 4.78 is 28.1. The van der Waals surface area contributed by atoms with Gasteiger partial charge in [0.15, 0.2) is 0 Å². The van der Waals surface area contributed by atoms with E-state index in [-0.39, 0.29) is 6.04 Å². The summed E-state index contributed by atoms with van der Waals surface area (Å²) in [7, 11) is 1.78. The smallest absolute Gasteiger partial charge is 0.131 e. The van der Waals surface area contributed by atoms with E-state index in [0.717, 1.165) is 21.0 Å². The molecule has 4 heteroatoms. The van der Waals surface area contributed by atoms with Gasteiger partial charge in [0.1, 0.15) is 11.6 Å². The Balaban J connectivity index is 2.08. The number of hydrogen-bond donors (Lipinski definition) is 1. The van der Waals surface area contributed by atoms with Gasteiger partial charge in [-0.25, -0.2) is 8.78 Å². The van der Waals surface area contributed by atoms with Crippen molar-refractivity contribution in [2.24, 2.45) is 0 Å². The van der Waals surface area contributed by atoms with E-state index in [9.17, 15) is 8.78 Å². The second-order valence-corrected chi connectivity index (χ2v) is 5.69. The van der Waals surface area contributed by atoms with Crippen molar-refractivity contribution < 1.29 is 8.78 Å². The molecule has 3 aromatic rings. The van der Waals surface area contributed by atoms with Gasteiger partial charge in [-0.3, -0.25) is 0 Å². The van der Waals surface area contributed by atoms with Gasteiger partial charge in [0.25, 0.3) is 0 Å². The van der Waals surface area contributed by atoms with Crippen LogP contribution in [0.4, 0.5) is 8.78 Å². The third kappa shape index (κ3) is 2.32. The van der Waals surface area contributed by atoms with Gasteiger partial charge >= 0.3 is 0 Å². The topological polar surface area (TPSA) is 12.0 Å². The minimum Gasteiger partial charge on any atom is -0.309 e. The minimum atomic E-state index is -0.558. The molecular formula is C16H13F2NS. The average molecular weight is 289 g/mol. The molecule has 102 valence electrons. The number of halogens is 2. The first kappa shape index (κ1) is 13.2. The quantitative estimate of drug-likeness (QED) is 0.749. The predicted molar refractivity (Wildman–Crippen MR) is 79.1 cm³/mol. The molecule has 2 aromatic carbocycles. The molecule has 0 fully saturated rings. The molecule has 1 atom stereocenters. The lowest BCUT2D eigenvalue weighted by Crippen LogP contribution is -2.17. The summed E-state index contributed by atoms with van der Waals surface area (Å²) in [6, 6.07) is 13.5. The van der Waals surface area contributed by atoms with Gasteiger partial charge in [-0.1, -0.05) is 24.3 Å². The number of nitrogens with one attached hydrogen (secondary N) is 1. The number of hydrogen-bond acceptors (Lipinski definition) is 2. The van der Waals surface area contributed by atoms with Crippen molar-refractivity contribution in [3.8, 4) is 0 Å². The lowest BCUT2D eigenvalue weighted by Gasteiger charge is -2.15. The van der Waals surface area contributed by atoms with Crippen LogP contribution in [0.1, 0.15) is 16.5 Å². The van der Waals surface area contributed by atoms with E-state index in [2.05, 4.69) is 5.32 Å². The largest absolute Gasteiger partial charge is 0.309 e. The molecule has 3 rings (SSSR count). The molecule has 0 aliphatic rings. The van der Waals surface area contributed by atoms with E-state index in [0.29, 0.717) is 5.56 Å². The highest BCUT2D eigenvalue weighted by atomic mass is 32.1. The van der Waals surface area contributed by atoms with E-state index in [4.69, 9.17) is 0 Å². The molecule has 1 heterocycles. The Hall–Kier alpha value is -1.78. The van der Waals surface area contributed by atoms with Crippen molar-refractivity contribution in [1.82, 2.24) is 5.32 Å². The minimum absolute atomic E-state index is 0.270. The average Bonchev–Trinajstić information content (AvgIpc) is 2.85. The fourth-order valence-corrected chi connectivity index (χ4v) is 3.53. The number of benzene rings is 2. The van der Waals surface area contributed by atoms with E-state index < -0.39 is 11.6 Å². The highest BCUT2D eigenvalue weighted by molar-refractivity contribution is 7.19. The van der Waals surface area contributed by atoms with Crippen molar-refractivity contribution in [3.63, 3.8) is 0 Å². The van der Waals surface area contributed by atoms with Crippen LogP contribution in [0.25, 0.3) is 10.1 Å². The summed E-state index contributed by atoms with van der Waals surface area (Å²) in [5.74, 6) is -1.08. The molecule has 0 amide bonds. The van der Waals surface area contributed by atoms with Crippen LogP contribution in [0, 0.1) is 11.6 Å². The van der Waals surface area contributed by atoms with E-state index in [1.165, 1.54) is 12.1 Å². The van der Waals surface area contributed by atoms with Gasteiger partial charge in [-0.2, -0.15) is 0 Å². The Morgan fingerprint density at radius 3 is 2.55 bits per heavy atom. The van der Waals surface area contributed by atoms with Crippen molar-refractivity contribution in [2.45, 2.75) is 6.04 Å². The van der Waals surface area contributed by atoms with Gasteiger partial charge in [-0.15, -0.1) is 11.3 Å². The molecule has 0 spiro atoms. The highest BCUT2D eigenvalue weighted by Gasteiger charge is 2.18. The van der Waals surface area contributed by atoms with Gasteiger partial charge in [-0.05, 0) is 30.6 Å².